The molecule has 3 N–H and O–H groups in total. The standard InChI is InChI=1S/C21H23N5O2S2/c1-2-16-23-21(26-25-16)29-12-17(27)24-20-18(14-10-6-7-11-15(14)30-20)19(28)22-13-8-4-3-5-9-13/h3-5,8-9H,2,6-7,10-12H2,1H3,(H,22,28)(H,24,27)(H,23,25,26). The van der Waals surface area contributed by atoms with E-state index in [9.17, 15) is 9.59 Å². The minimum absolute atomic E-state index is 0.171. The highest BCUT2D eigenvalue weighted by atomic mass is 32.2. The number of carbonyl (C=O) groups excluding carboxylic acids is 2. The molecule has 3 aromatic rings. The Balaban J connectivity index is 1.49. The molecule has 1 aliphatic carbocycles. The highest BCUT2D eigenvalue weighted by Crippen LogP contribution is 2.38. The summed E-state index contributed by atoms with van der Waals surface area (Å²) in [5, 5.41) is 14.0. The first-order chi connectivity index (χ1) is 14.6. The van der Waals surface area contributed by atoms with Gasteiger partial charge < -0.3 is 10.6 Å². The van der Waals surface area contributed by atoms with Gasteiger partial charge in [0.15, 0.2) is 0 Å². The van der Waals surface area contributed by atoms with Gasteiger partial charge in [0.25, 0.3) is 5.91 Å². The number of H-pyrrole nitrogens is 1. The van der Waals surface area contributed by atoms with E-state index in [1.165, 1.54) is 28.0 Å². The number of aromatic nitrogens is 3. The van der Waals surface area contributed by atoms with Crippen LogP contribution in [0.4, 0.5) is 10.7 Å². The van der Waals surface area contributed by atoms with Crippen LogP contribution in [0.25, 0.3) is 0 Å². The van der Waals surface area contributed by atoms with Gasteiger partial charge in [-0.25, -0.2) is 4.98 Å². The lowest BCUT2D eigenvalue weighted by atomic mass is 9.95. The van der Waals surface area contributed by atoms with Gasteiger partial charge in [0, 0.05) is 17.0 Å². The molecule has 0 fully saturated rings. The number of anilines is 2. The summed E-state index contributed by atoms with van der Waals surface area (Å²) in [6, 6.07) is 9.38. The quantitative estimate of drug-likeness (QED) is 0.475. The molecular formula is C21H23N5O2S2. The molecule has 0 spiro atoms. The molecule has 30 heavy (non-hydrogen) atoms. The van der Waals surface area contributed by atoms with Crippen molar-refractivity contribution in [3.63, 3.8) is 0 Å². The molecule has 7 nitrogen and oxygen atoms in total. The van der Waals surface area contributed by atoms with Gasteiger partial charge in [-0.2, -0.15) is 0 Å². The summed E-state index contributed by atoms with van der Waals surface area (Å²) >= 11 is 2.79. The summed E-state index contributed by atoms with van der Waals surface area (Å²) in [6.07, 6.45) is 4.75. The van der Waals surface area contributed by atoms with Crippen LogP contribution in [-0.4, -0.2) is 32.7 Å². The molecule has 1 aliphatic rings. The second-order valence-electron chi connectivity index (χ2n) is 6.99. The zero-order valence-corrected chi connectivity index (χ0v) is 18.3. The van der Waals surface area contributed by atoms with Crippen LogP contribution in [0.2, 0.25) is 0 Å². The molecule has 2 aromatic heterocycles. The Hall–Kier alpha value is -2.65. The van der Waals surface area contributed by atoms with Gasteiger partial charge in [-0.15, -0.1) is 16.4 Å². The number of thiophene rings is 1. The van der Waals surface area contributed by atoms with E-state index in [1.54, 1.807) is 0 Å². The Morgan fingerprint density at radius 3 is 2.73 bits per heavy atom. The number of hydrogen-bond acceptors (Lipinski definition) is 6. The van der Waals surface area contributed by atoms with Crippen molar-refractivity contribution in [2.24, 2.45) is 0 Å². The van der Waals surface area contributed by atoms with Crippen molar-refractivity contribution in [3.8, 4) is 0 Å². The van der Waals surface area contributed by atoms with Gasteiger partial charge >= 0.3 is 0 Å². The summed E-state index contributed by atoms with van der Waals surface area (Å²) in [5.41, 5.74) is 2.41. The summed E-state index contributed by atoms with van der Waals surface area (Å²) in [7, 11) is 0. The predicted molar refractivity (Wildman–Crippen MR) is 120 cm³/mol. The van der Waals surface area contributed by atoms with Crippen LogP contribution < -0.4 is 10.6 Å². The average Bonchev–Trinajstić information content (AvgIpc) is 3.37. The van der Waals surface area contributed by atoms with Crippen LogP contribution in [0.3, 0.4) is 0 Å². The molecule has 0 saturated heterocycles. The van der Waals surface area contributed by atoms with Crippen molar-refractivity contribution < 1.29 is 9.59 Å². The number of nitrogens with one attached hydrogen (secondary N) is 3. The number of rotatable bonds is 7. The van der Waals surface area contributed by atoms with E-state index >= 15 is 0 Å². The molecule has 0 atom stereocenters. The third-order valence-electron chi connectivity index (χ3n) is 4.86. The third kappa shape index (κ3) is 4.73. The fourth-order valence-electron chi connectivity index (χ4n) is 3.40. The average molecular weight is 442 g/mol. The number of thioether (sulfide) groups is 1. The van der Waals surface area contributed by atoms with Crippen molar-refractivity contribution in [1.82, 2.24) is 15.2 Å². The Labute approximate surface area is 183 Å². The highest BCUT2D eigenvalue weighted by Gasteiger charge is 2.26. The summed E-state index contributed by atoms with van der Waals surface area (Å²) < 4.78 is 0. The summed E-state index contributed by atoms with van der Waals surface area (Å²) in [4.78, 5) is 31.2. The maximum absolute atomic E-state index is 13.1. The number of aryl methyl sites for hydroxylation is 2. The lowest BCUT2D eigenvalue weighted by molar-refractivity contribution is -0.113. The van der Waals surface area contributed by atoms with Crippen molar-refractivity contribution in [1.29, 1.82) is 0 Å². The topological polar surface area (TPSA) is 99.8 Å². The molecule has 0 radical (unpaired) electrons. The molecule has 2 amide bonds. The second-order valence-corrected chi connectivity index (χ2v) is 9.04. The molecule has 0 saturated carbocycles. The van der Waals surface area contributed by atoms with Crippen molar-refractivity contribution in [2.75, 3.05) is 16.4 Å². The number of nitrogens with zero attached hydrogens (tertiary/aromatic N) is 2. The van der Waals surface area contributed by atoms with Crippen LogP contribution in [0.15, 0.2) is 35.5 Å². The van der Waals surface area contributed by atoms with Gasteiger partial charge in [0.1, 0.15) is 10.8 Å². The molecule has 1 aromatic carbocycles. The van der Waals surface area contributed by atoms with Crippen molar-refractivity contribution in [2.45, 2.75) is 44.2 Å². The zero-order valence-electron chi connectivity index (χ0n) is 16.7. The lowest BCUT2D eigenvalue weighted by Gasteiger charge is -2.13. The predicted octanol–water partition coefficient (Wildman–Crippen LogP) is 4.29. The SMILES string of the molecule is CCc1nc(SCC(=O)Nc2sc3c(c2C(=O)Nc2ccccc2)CCCC3)n[nH]1. The number of amides is 2. The van der Waals surface area contributed by atoms with Crippen LogP contribution in [-0.2, 0) is 24.1 Å². The van der Waals surface area contributed by atoms with E-state index in [4.69, 9.17) is 0 Å². The Kier molecular flexibility index (Phi) is 6.49. The van der Waals surface area contributed by atoms with Gasteiger partial charge in [-0.05, 0) is 43.4 Å². The number of fused-ring (bicyclic) bond motifs is 1. The largest absolute Gasteiger partial charge is 0.322 e. The summed E-state index contributed by atoms with van der Waals surface area (Å²) in [6.45, 7) is 1.99. The minimum Gasteiger partial charge on any atom is -0.322 e. The number of benzene rings is 1. The monoisotopic (exact) mass is 441 g/mol. The molecule has 4 rings (SSSR count). The van der Waals surface area contributed by atoms with E-state index in [1.807, 2.05) is 37.3 Å². The van der Waals surface area contributed by atoms with Crippen molar-refractivity contribution in [3.05, 3.63) is 52.2 Å². The molecule has 156 valence electrons. The first kappa shape index (κ1) is 20.6. The van der Waals surface area contributed by atoms with E-state index in [0.717, 1.165) is 49.2 Å². The van der Waals surface area contributed by atoms with E-state index < -0.39 is 0 Å². The number of aromatic amines is 1. The zero-order chi connectivity index (χ0) is 20.9. The molecule has 2 heterocycles. The second kappa shape index (κ2) is 9.44. The Morgan fingerprint density at radius 1 is 1.17 bits per heavy atom. The van der Waals surface area contributed by atoms with Crippen LogP contribution >= 0.6 is 23.1 Å². The number of hydrogen-bond donors (Lipinski definition) is 3. The number of carbonyl (C=O) groups is 2. The van der Waals surface area contributed by atoms with Gasteiger partial charge in [-0.3, -0.25) is 14.7 Å². The van der Waals surface area contributed by atoms with Crippen molar-refractivity contribution >= 4 is 45.6 Å². The molecule has 0 bridgehead atoms. The van der Waals surface area contributed by atoms with Gasteiger partial charge in [0.2, 0.25) is 11.1 Å². The Morgan fingerprint density at radius 2 is 1.97 bits per heavy atom. The number of para-hydroxylation sites is 1. The first-order valence-corrected chi connectivity index (χ1v) is 11.8. The van der Waals surface area contributed by atoms with Crippen LogP contribution in [0.5, 0.6) is 0 Å². The smallest absolute Gasteiger partial charge is 0.258 e. The molecule has 9 heteroatoms. The van der Waals surface area contributed by atoms with E-state index in [2.05, 4.69) is 25.8 Å². The fraction of sp³-hybridized carbons (Fsp3) is 0.333. The van der Waals surface area contributed by atoms with Crippen LogP contribution in [0.1, 0.15) is 46.4 Å². The third-order valence-corrected chi connectivity index (χ3v) is 6.92. The maximum atomic E-state index is 13.1. The first-order valence-electron chi connectivity index (χ1n) is 9.99. The van der Waals surface area contributed by atoms with Crippen LogP contribution in [0, 0.1) is 0 Å². The summed E-state index contributed by atoms with van der Waals surface area (Å²) in [5.74, 6) is 0.632. The van der Waals surface area contributed by atoms with E-state index in [0.29, 0.717) is 15.7 Å². The highest BCUT2D eigenvalue weighted by molar-refractivity contribution is 7.99. The maximum Gasteiger partial charge on any atom is 0.258 e. The normalized spacial score (nSPS) is 13.0. The lowest BCUT2D eigenvalue weighted by Crippen LogP contribution is -2.19. The van der Waals surface area contributed by atoms with Gasteiger partial charge in [-0.1, -0.05) is 36.9 Å². The minimum atomic E-state index is -0.176. The molecule has 0 aliphatic heterocycles. The van der Waals surface area contributed by atoms with E-state index in [-0.39, 0.29) is 17.6 Å². The molecule has 0 unspecified atom stereocenters. The fourth-order valence-corrected chi connectivity index (χ4v) is 5.32. The molecular weight excluding hydrogens is 418 g/mol. The Bertz CT molecular complexity index is 1050. The van der Waals surface area contributed by atoms with Gasteiger partial charge in [0.05, 0.1) is 11.3 Å².